The highest BCUT2D eigenvalue weighted by Crippen LogP contribution is 2.20. The highest BCUT2D eigenvalue weighted by atomic mass is 32.1. The largest absolute Gasteiger partial charge is 0.351 e. The van der Waals surface area contributed by atoms with Crippen molar-refractivity contribution in [2.75, 3.05) is 0 Å². The Hall–Kier alpha value is -2.24. The predicted molar refractivity (Wildman–Crippen MR) is 94.1 cm³/mol. The zero-order valence-corrected chi connectivity index (χ0v) is 14.0. The van der Waals surface area contributed by atoms with Crippen molar-refractivity contribution in [1.82, 2.24) is 5.32 Å². The number of amides is 1. The molecule has 0 aliphatic carbocycles. The number of rotatable bonds is 6. The number of carbonyl (C=O) groups excluding carboxylic acids is 2. The summed E-state index contributed by atoms with van der Waals surface area (Å²) in [6, 6.07) is 16.8. The standard InChI is InChI=1S/C18H15NO2S2/c20-17(11-14-7-4-10-22-14)19-12-15-8-9-16(23-15)18(21)13-5-2-1-3-6-13/h1-10H,11-12H2,(H,19,20). The van der Waals surface area contributed by atoms with Crippen molar-refractivity contribution in [2.24, 2.45) is 0 Å². The Labute approximate surface area is 142 Å². The molecule has 0 aliphatic heterocycles. The average molecular weight is 341 g/mol. The van der Waals surface area contributed by atoms with E-state index in [1.54, 1.807) is 11.3 Å². The van der Waals surface area contributed by atoms with E-state index in [1.165, 1.54) is 11.3 Å². The topological polar surface area (TPSA) is 46.2 Å². The molecule has 0 saturated heterocycles. The van der Waals surface area contributed by atoms with E-state index in [0.717, 1.165) is 9.75 Å². The van der Waals surface area contributed by atoms with Gasteiger partial charge in [0.2, 0.25) is 11.7 Å². The van der Waals surface area contributed by atoms with E-state index in [4.69, 9.17) is 0 Å². The first-order valence-electron chi connectivity index (χ1n) is 7.20. The lowest BCUT2D eigenvalue weighted by Crippen LogP contribution is -2.23. The van der Waals surface area contributed by atoms with Gasteiger partial charge in [-0.05, 0) is 23.6 Å². The molecule has 0 saturated carbocycles. The molecular weight excluding hydrogens is 326 g/mol. The Morgan fingerprint density at radius 3 is 2.48 bits per heavy atom. The lowest BCUT2D eigenvalue weighted by molar-refractivity contribution is -0.120. The minimum atomic E-state index is -0.00298. The molecule has 0 fully saturated rings. The summed E-state index contributed by atoms with van der Waals surface area (Å²) < 4.78 is 0. The minimum absolute atomic E-state index is 0.00298. The first kappa shape index (κ1) is 15.6. The molecule has 3 aromatic rings. The van der Waals surface area contributed by atoms with Gasteiger partial charge in [-0.3, -0.25) is 9.59 Å². The number of hydrogen-bond donors (Lipinski definition) is 1. The molecule has 0 radical (unpaired) electrons. The Morgan fingerprint density at radius 1 is 0.913 bits per heavy atom. The normalized spacial score (nSPS) is 10.4. The van der Waals surface area contributed by atoms with Crippen LogP contribution in [0.25, 0.3) is 0 Å². The zero-order valence-electron chi connectivity index (χ0n) is 12.3. The maximum absolute atomic E-state index is 12.3. The van der Waals surface area contributed by atoms with Gasteiger partial charge in [-0.25, -0.2) is 0 Å². The second-order valence-corrected chi connectivity index (χ2v) is 7.19. The summed E-state index contributed by atoms with van der Waals surface area (Å²) in [6.07, 6.45) is 0.402. The molecular formula is C18H15NO2S2. The second-order valence-electron chi connectivity index (χ2n) is 4.99. The van der Waals surface area contributed by atoms with E-state index in [0.29, 0.717) is 23.4 Å². The van der Waals surface area contributed by atoms with Crippen LogP contribution in [0.4, 0.5) is 0 Å². The third-order valence-corrected chi connectivity index (χ3v) is 5.26. The van der Waals surface area contributed by atoms with Crippen LogP contribution in [-0.2, 0) is 17.8 Å². The van der Waals surface area contributed by atoms with Gasteiger partial charge >= 0.3 is 0 Å². The summed E-state index contributed by atoms with van der Waals surface area (Å²) in [5, 5.41) is 4.86. The highest BCUT2D eigenvalue weighted by Gasteiger charge is 2.12. The smallest absolute Gasteiger partial charge is 0.225 e. The van der Waals surface area contributed by atoms with Crippen molar-refractivity contribution in [3.8, 4) is 0 Å². The summed E-state index contributed by atoms with van der Waals surface area (Å²) in [7, 11) is 0. The van der Waals surface area contributed by atoms with Crippen LogP contribution in [0.5, 0.6) is 0 Å². The quantitative estimate of drug-likeness (QED) is 0.691. The van der Waals surface area contributed by atoms with E-state index in [9.17, 15) is 9.59 Å². The second kappa shape index (κ2) is 7.35. The third-order valence-electron chi connectivity index (χ3n) is 3.30. The number of nitrogens with one attached hydrogen (secondary N) is 1. The molecule has 1 aromatic carbocycles. The molecule has 116 valence electrons. The molecule has 0 unspecified atom stereocenters. The Balaban J connectivity index is 1.57. The number of thiophene rings is 2. The Kier molecular flexibility index (Phi) is 5.00. The molecule has 3 nitrogen and oxygen atoms in total. The maximum atomic E-state index is 12.3. The number of hydrogen-bond acceptors (Lipinski definition) is 4. The van der Waals surface area contributed by atoms with Gasteiger partial charge in [0.25, 0.3) is 0 Å². The SMILES string of the molecule is O=C(Cc1cccs1)NCc1ccc(C(=O)c2ccccc2)s1. The van der Waals surface area contributed by atoms with Crippen molar-refractivity contribution < 1.29 is 9.59 Å². The van der Waals surface area contributed by atoms with Crippen molar-refractivity contribution in [1.29, 1.82) is 0 Å². The molecule has 23 heavy (non-hydrogen) atoms. The first-order valence-corrected chi connectivity index (χ1v) is 8.89. The van der Waals surface area contributed by atoms with Crippen LogP contribution in [0.3, 0.4) is 0 Å². The van der Waals surface area contributed by atoms with E-state index in [-0.39, 0.29) is 11.7 Å². The molecule has 1 amide bonds. The Bertz CT molecular complexity index is 792. The molecule has 0 aliphatic rings. The minimum Gasteiger partial charge on any atom is -0.351 e. The van der Waals surface area contributed by atoms with Crippen LogP contribution >= 0.6 is 22.7 Å². The summed E-state index contributed by atoms with van der Waals surface area (Å²) >= 11 is 3.00. The van der Waals surface area contributed by atoms with Crippen LogP contribution in [0.2, 0.25) is 0 Å². The van der Waals surface area contributed by atoms with Gasteiger partial charge in [-0.15, -0.1) is 22.7 Å². The molecule has 3 rings (SSSR count). The van der Waals surface area contributed by atoms with Crippen LogP contribution < -0.4 is 5.32 Å². The van der Waals surface area contributed by atoms with Crippen molar-refractivity contribution in [3.63, 3.8) is 0 Å². The highest BCUT2D eigenvalue weighted by molar-refractivity contribution is 7.14. The van der Waals surface area contributed by atoms with Gasteiger partial charge in [0.15, 0.2) is 0 Å². The molecule has 0 bridgehead atoms. The van der Waals surface area contributed by atoms with Crippen LogP contribution in [0.15, 0.2) is 60.0 Å². The summed E-state index contributed by atoms with van der Waals surface area (Å²) in [6.45, 7) is 0.455. The van der Waals surface area contributed by atoms with Crippen molar-refractivity contribution >= 4 is 34.4 Å². The van der Waals surface area contributed by atoms with Crippen molar-refractivity contribution in [2.45, 2.75) is 13.0 Å². The van der Waals surface area contributed by atoms with E-state index >= 15 is 0 Å². The lowest BCUT2D eigenvalue weighted by Gasteiger charge is -2.02. The summed E-state index contributed by atoms with van der Waals surface area (Å²) in [5.74, 6) is 0.0172. The monoisotopic (exact) mass is 341 g/mol. The number of benzene rings is 1. The fourth-order valence-corrected chi connectivity index (χ4v) is 3.76. The fourth-order valence-electron chi connectivity index (χ4n) is 2.15. The average Bonchev–Trinajstić information content (AvgIpc) is 3.25. The fraction of sp³-hybridized carbons (Fsp3) is 0.111. The molecule has 1 N–H and O–H groups in total. The van der Waals surface area contributed by atoms with Gasteiger partial charge < -0.3 is 5.32 Å². The molecule has 5 heteroatoms. The van der Waals surface area contributed by atoms with Gasteiger partial charge in [-0.1, -0.05) is 36.4 Å². The molecule has 2 heterocycles. The van der Waals surface area contributed by atoms with Crippen molar-refractivity contribution in [3.05, 3.63) is 80.2 Å². The van der Waals surface area contributed by atoms with Gasteiger partial charge in [-0.2, -0.15) is 0 Å². The number of ketones is 1. The van der Waals surface area contributed by atoms with Crippen LogP contribution in [-0.4, -0.2) is 11.7 Å². The first-order chi connectivity index (χ1) is 11.2. The third kappa shape index (κ3) is 4.15. The predicted octanol–water partition coefficient (Wildman–Crippen LogP) is 3.90. The molecule has 0 atom stereocenters. The van der Waals surface area contributed by atoms with Crippen LogP contribution in [0, 0.1) is 0 Å². The van der Waals surface area contributed by atoms with Gasteiger partial charge in [0.1, 0.15) is 0 Å². The Morgan fingerprint density at radius 2 is 1.74 bits per heavy atom. The van der Waals surface area contributed by atoms with E-state index in [1.807, 2.05) is 60.0 Å². The molecule has 2 aromatic heterocycles. The maximum Gasteiger partial charge on any atom is 0.225 e. The summed E-state index contributed by atoms with van der Waals surface area (Å²) in [4.78, 5) is 26.9. The summed E-state index contributed by atoms with van der Waals surface area (Å²) in [5.41, 5.74) is 0.683. The van der Waals surface area contributed by atoms with Gasteiger partial charge in [0, 0.05) is 15.3 Å². The lowest BCUT2D eigenvalue weighted by atomic mass is 10.1. The number of carbonyl (C=O) groups is 2. The van der Waals surface area contributed by atoms with E-state index in [2.05, 4.69) is 5.32 Å². The van der Waals surface area contributed by atoms with Crippen LogP contribution in [0.1, 0.15) is 25.0 Å². The van der Waals surface area contributed by atoms with E-state index < -0.39 is 0 Å². The molecule has 0 spiro atoms. The van der Waals surface area contributed by atoms with Gasteiger partial charge in [0.05, 0.1) is 17.8 Å². The zero-order chi connectivity index (χ0) is 16.1.